The Morgan fingerprint density at radius 1 is 1.10 bits per heavy atom. The third kappa shape index (κ3) is 4.98. The number of hydrogen-bond acceptors (Lipinski definition) is 5. The number of hydrogen-bond donors (Lipinski definition) is 0. The van der Waals surface area contributed by atoms with Gasteiger partial charge in [0.25, 0.3) is 0 Å². The third-order valence-electron chi connectivity index (χ3n) is 2.11. The molecule has 0 aliphatic rings. The molecule has 21 heavy (non-hydrogen) atoms. The Morgan fingerprint density at radius 2 is 1.71 bits per heavy atom. The van der Waals surface area contributed by atoms with E-state index in [0.717, 1.165) is 12.1 Å². The van der Waals surface area contributed by atoms with Crippen LogP contribution in [0.2, 0.25) is 5.15 Å². The lowest BCUT2D eigenvalue weighted by Gasteiger charge is -2.10. The molecule has 0 radical (unpaired) electrons. The van der Waals surface area contributed by atoms with Crippen LogP contribution in [0.25, 0.3) is 0 Å². The summed E-state index contributed by atoms with van der Waals surface area (Å²) < 4.78 is 45.2. The lowest BCUT2D eigenvalue weighted by atomic mass is 10.3. The molecule has 9 heteroatoms. The second-order valence-electron chi connectivity index (χ2n) is 3.64. The lowest BCUT2D eigenvalue weighted by Crippen LogP contribution is -2.16. The average Bonchev–Trinajstić information content (AvgIpc) is 2.38. The van der Waals surface area contributed by atoms with Crippen LogP contribution in [0.4, 0.5) is 13.2 Å². The smallest absolute Gasteiger partial charge is 0.439 e. The van der Waals surface area contributed by atoms with Crippen molar-refractivity contribution in [1.29, 1.82) is 0 Å². The fraction of sp³-hybridized carbons (Fsp3) is 0.167. The maximum Gasteiger partial charge on any atom is 0.573 e. The first-order valence-corrected chi connectivity index (χ1v) is 7.08. The summed E-state index contributed by atoms with van der Waals surface area (Å²) in [5.41, 5.74) is 0. The van der Waals surface area contributed by atoms with Gasteiger partial charge in [-0.3, -0.25) is 0 Å². The molecule has 1 aromatic carbocycles. The summed E-state index contributed by atoms with van der Waals surface area (Å²) in [5, 5.41) is 0.635. The van der Waals surface area contributed by atoms with Crippen LogP contribution in [0.3, 0.4) is 0 Å². The van der Waals surface area contributed by atoms with E-state index in [-0.39, 0.29) is 16.8 Å². The van der Waals surface area contributed by atoms with Crippen molar-refractivity contribution in [3.05, 3.63) is 35.5 Å². The highest BCUT2D eigenvalue weighted by molar-refractivity contribution is 7.98. The standard InChI is InChI=1S/C12H8ClF3N2O2S/c1-21-11-17-9(13)6-10(18-11)19-7-2-4-8(5-3-7)20-12(14,15)16/h2-6H,1H3. The number of nitrogens with zero attached hydrogens (tertiary/aromatic N) is 2. The summed E-state index contributed by atoms with van der Waals surface area (Å²) >= 11 is 7.09. The van der Waals surface area contributed by atoms with Gasteiger partial charge in [0.1, 0.15) is 16.7 Å². The summed E-state index contributed by atoms with van der Waals surface area (Å²) in [6, 6.07) is 6.34. The SMILES string of the molecule is CSc1nc(Cl)cc(Oc2ccc(OC(F)(F)F)cc2)n1. The van der Waals surface area contributed by atoms with Gasteiger partial charge in [0.05, 0.1) is 0 Å². The number of thioether (sulfide) groups is 1. The number of benzene rings is 1. The predicted octanol–water partition coefficient (Wildman–Crippen LogP) is 4.54. The fourth-order valence-corrected chi connectivity index (χ4v) is 1.95. The molecule has 2 rings (SSSR count). The lowest BCUT2D eigenvalue weighted by molar-refractivity contribution is -0.274. The number of alkyl halides is 3. The molecule has 1 heterocycles. The van der Waals surface area contributed by atoms with Crippen molar-refractivity contribution >= 4 is 23.4 Å². The Bertz CT molecular complexity index is 623. The van der Waals surface area contributed by atoms with Gasteiger partial charge in [-0.1, -0.05) is 23.4 Å². The zero-order chi connectivity index (χ0) is 15.5. The molecule has 0 atom stereocenters. The molecule has 0 spiro atoms. The summed E-state index contributed by atoms with van der Waals surface area (Å²) in [4.78, 5) is 8.00. The van der Waals surface area contributed by atoms with Gasteiger partial charge < -0.3 is 9.47 Å². The van der Waals surface area contributed by atoms with Crippen LogP contribution >= 0.6 is 23.4 Å². The predicted molar refractivity (Wildman–Crippen MR) is 72.0 cm³/mol. The Kier molecular flexibility index (Phi) is 4.79. The molecule has 112 valence electrons. The van der Waals surface area contributed by atoms with Gasteiger partial charge in [-0.05, 0) is 30.5 Å². The van der Waals surface area contributed by atoms with Crippen LogP contribution < -0.4 is 9.47 Å². The molecule has 0 saturated carbocycles. The number of ether oxygens (including phenoxy) is 2. The van der Waals surface area contributed by atoms with Crippen molar-refractivity contribution in [1.82, 2.24) is 9.97 Å². The van der Waals surface area contributed by atoms with E-state index in [1.165, 1.54) is 30.0 Å². The Hall–Kier alpha value is -1.67. The van der Waals surface area contributed by atoms with Crippen molar-refractivity contribution in [3.63, 3.8) is 0 Å². The molecule has 0 N–H and O–H groups in total. The van der Waals surface area contributed by atoms with E-state index in [1.54, 1.807) is 6.26 Å². The number of rotatable bonds is 4. The summed E-state index contributed by atoms with van der Waals surface area (Å²) in [5.74, 6) is 0.163. The zero-order valence-corrected chi connectivity index (χ0v) is 12.1. The van der Waals surface area contributed by atoms with Crippen LogP contribution in [0.1, 0.15) is 0 Å². The molecule has 0 amide bonds. The van der Waals surface area contributed by atoms with E-state index in [4.69, 9.17) is 16.3 Å². The van der Waals surface area contributed by atoms with E-state index < -0.39 is 6.36 Å². The molecule has 2 aromatic rings. The molecule has 0 fully saturated rings. The van der Waals surface area contributed by atoms with E-state index >= 15 is 0 Å². The van der Waals surface area contributed by atoms with Crippen LogP contribution in [0.5, 0.6) is 17.4 Å². The Balaban J connectivity index is 2.11. The summed E-state index contributed by atoms with van der Waals surface area (Å²) in [6.45, 7) is 0. The van der Waals surface area contributed by atoms with Gasteiger partial charge in [0.2, 0.25) is 5.88 Å². The zero-order valence-electron chi connectivity index (χ0n) is 10.5. The van der Waals surface area contributed by atoms with Crippen LogP contribution in [0.15, 0.2) is 35.5 Å². The van der Waals surface area contributed by atoms with Crippen molar-refractivity contribution < 1.29 is 22.6 Å². The number of aromatic nitrogens is 2. The number of halogens is 4. The third-order valence-corrected chi connectivity index (χ3v) is 2.85. The van der Waals surface area contributed by atoms with Gasteiger partial charge in [-0.25, -0.2) is 4.98 Å². The summed E-state index contributed by atoms with van der Waals surface area (Å²) in [6.07, 6.45) is -2.95. The second-order valence-corrected chi connectivity index (χ2v) is 4.80. The molecule has 0 saturated heterocycles. The van der Waals surface area contributed by atoms with E-state index in [0.29, 0.717) is 10.9 Å². The molecule has 0 aliphatic carbocycles. The first kappa shape index (κ1) is 15.7. The summed E-state index contributed by atoms with van der Waals surface area (Å²) in [7, 11) is 0. The molecule has 0 unspecified atom stereocenters. The Morgan fingerprint density at radius 3 is 2.29 bits per heavy atom. The van der Waals surface area contributed by atoms with Gasteiger partial charge in [0.15, 0.2) is 5.16 Å². The Labute approximate surface area is 127 Å². The maximum atomic E-state index is 12.0. The van der Waals surface area contributed by atoms with E-state index in [1.807, 2.05) is 0 Å². The highest BCUT2D eigenvalue weighted by atomic mass is 35.5. The largest absolute Gasteiger partial charge is 0.573 e. The topological polar surface area (TPSA) is 44.2 Å². The van der Waals surface area contributed by atoms with Crippen LogP contribution in [-0.2, 0) is 0 Å². The highest BCUT2D eigenvalue weighted by Crippen LogP contribution is 2.28. The second kappa shape index (κ2) is 6.40. The first-order valence-electron chi connectivity index (χ1n) is 5.48. The highest BCUT2D eigenvalue weighted by Gasteiger charge is 2.30. The first-order chi connectivity index (χ1) is 9.85. The average molecular weight is 337 g/mol. The van der Waals surface area contributed by atoms with Gasteiger partial charge in [0, 0.05) is 6.07 Å². The minimum absolute atomic E-state index is 0.198. The normalized spacial score (nSPS) is 11.3. The molecule has 0 aliphatic heterocycles. The van der Waals surface area contributed by atoms with Crippen LogP contribution in [0, 0.1) is 0 Å². The molecule has 1 aromatic heterocycles. The van der Waals surface area contributed by atoms with Gasteiger partial charge >= 0.3 is 6.36 Å². The van der Waals surface area contributed by atoms with Crippen LogP contribution in [-0.4, -0.2) is 22.6 Å². The monoisotopic (exact) mass is 336 g/mol. The minimum atomic E-state index is -4.73. The van der Waals surface area contributed by atoms with E-state index in [2.05, 4.69) is 14.7 Å². The quantitative estimate of drug-likeness (QED) is 0.466. The molecule has 4 nitrogen and oxygen atoms in total. The van der Waals surface area contributed by atoms with Crippen molar-refractivity contribution in [2.75, 3.05) is 6.26 Å². The molecular formula is C12H8ClF3N2O2S. The maximum absolute atomic E-state index is 12.0. The molecule has 0 bridgehead atoms. The van der Waals surface area contributed by atoms with E-state index in [9.17, 15) is 13.2 Å². The minimum Gasteiger partial charge on any atom is -0.439 e. The van der Waals surface area contributed by atoms with Crippen molar-refractivity contribution in [2.24, 2.45) is 0 Å². The van der Waals surface area contributed by atoms with Crippen molar-refractivity contribution in [3.8, 4) is 17.4 Å². The van der Waals surface area contributed by atoms with Gasteiger partial charge in [-0.2, -0.15) is 4.98 Å². The fourth-order valence-electron chi connectivity index (χ4n) is 1.35. The van der Waals surface area contributed by atoms with Crippen molar-refractivity contribution in [2.45, 2.75) is 11.5 Å². The van der Waals surface area contributed by atoms with Gasteiger partial charge in [-0.15, -0.1) is 13.2 Å². The molecular weight excluding hydrogens is 329 g/mol.